The van der Waals surface area contributed by atoms with E-state index in [0.717, 1.165) is 56.6 Å². The maximum absolute atomic E-state index is 12.4. The van der Waals surface area contributed by atoms with Crippen molar-refractivity contribution < 1.29 is 19.4 Å². The average molecular weight is 506 g/mol. The van der Waals surface area contributed by atoms with Gasteiger partial charge in [-0.25, -0.2) is 9.78 Å². The highest BCUT2D eigenvalue weighted by atomic mass is 35.5. The fraction of sp³-hybridized carbons (Fsp3) is 0.480. The van der Waals surface area contributed by atoms with Crippen molar-refractivity contribution in [1.29, 1.82) is 0 Å². The molecule has 1 fully saturated rings. The van der Waals surface area contributed by atoms with Gasteiger partial charge in [0.05, 0.1) is 16.1 Å². The molecule has 1 aliphatic carbocycles. The Morgan fingerprint density at radius 1 is 1.21 bits per heavy atom. The van der Waals surface area contributed by atoms with E-state index < -0.39 is 17.9 Å². The summed E-state index contributed by atoms with van der Waals surface area (Å²) in [5.74, 6) is 0.0226. The number of aryl methyl sites for hydroxylation is 2. The van der Waals surface area contributed by atoms with E-state index in [2.05, 4.69) is 22.8 Å². The summed E-state index contributed by atoms with van der Waals surface area (Å²) in [5.41, 5.74) is 2.69. The van der Waals surface area contributed by atoms with Crippen LogP contribution < -0.4 is 10.6 Å². The molecule has 2 heterocycles. The molecular formula is C25H29Cl2N3O4. The topological polar surface area (TPSA) is 101 Å². The largest absolute Gasteiger partial charge is 0.480 e. The van der Waals surface area contributed by atoms with E-state index >= 15 is 0 Å². The Bertz CT molecular complexity index is 1040. The van der Waals surface area contributed by atoms with Crippen LogP contribution in [0.25, 0.3) is 0 Å². The first-order valence-corrected chi connectivity index (χ1v) is 12.5. The van der Waals surface area contributed by atoms with Gasteiger partial charge in [-0.3, -0.25) is 4.79 Å². The molecule has 34 heavy (non-hydrogen) atoms. The number of pyridine rings is 1. The lowest BCUT2D eigenvalue weighted by Crippen LogP contribution is -2.42. The minimum absolute atomic E-state index is 0.142. The smallest absolute Gasteiger partial charge is 0.326 e. The van der Waals surface area contributed by atoms with Crippen molar-refractivity contribution in [3.63, 3.8) is 0 Å². The van der Waals surface area contributed by atoms with Crippen molar-refractivity contribution in [3.05, 3.63) is 57.2 Å². The minimum atomic E-state index is -1.10. The number of carbonyl (C=O) groups excluding carboxylic acids is 1. The van der Waals surface area contributed by atoms with Crippen molar-refractivity contribution >= 4 is 40.9 Å². The van der Waals surface area contributed by atoms with Crippen LogP contribution in [0, 0.1) is 5.92 Å². The Morgan fingerprint density at radius 3 is 2.79 bits per heavy atom. The lowest BCUT2D eigenvalue weighted by Gasteiger charge is -2.35. The Hall–Kier alpha value is -2.35. The van der Waals surface area contributed by atoms with E-state index in [9.17, 15) is 14.7 Å². The molecule has 0 saturated heterocycles. The number of carbonyl (C=O) groups is 2. The quantitative estimate of drug-likeness (QED) is 0.430. The lowest BCUT2D eigenvalue weighted by atomic mass is 9.79. The molecule has 182 valence electrons. The second-order valence-corrected chi connectivity index (χ2v) is 9.81. The third kappa shape index (κ3) is 6.40. The number of nitrogens with one attached hydrogen (secondary N) is 2. The molecule has 3 N–H and O–H groups in total. The number of ether oxygens (including phenoxy) is 1. The van der Waals surface area contributed by atoms with Crippen LogP contribution in [-0.4, -0.2) is 47.3 Å². The zero-order valence-corrected chi connectivity index (χ0v) is 20.4. The Morgan fingerprint density at radius 2 is 2.03 bits per heavy atom. The van der Waals surface area contributed by atoms with Gasteiger partial charge in [-0.15, -0.1) is 0 Å². The predicted octanol–water partition coefficient (Wildman–Crippen LogP) is 4.75. The number of fused-ring (bicyclic) bond motifs is 1. The summed E-state index contributed by atoms with van der Waals surface area (Å²) in [4.78, 5) is 28.7. The molecule has 1 aromatic heterocycles. The first kappa shape index (κ1) is 24.8. The summed E-state index contributed by atoms with van der Waals surface area (Å²) in [7, 11) is 0. The molecule has 1 aromatic carbocycles. The summed E-state index contributed by atoms with van der Waals surface area (Å²) in [6.45, 7) is 1.26. The first-order chi connectivity index (χ1) is 16.4. The zero-order valence-electron chi connectivity index (χ0n) is 18.9. The molecule has 2 aliphatic rings. The van der Waals surface area contributed by atoms with Gasteiger partial charge in [-0.05, 0) is 74.3 Å². The summed E-state index contributed by atoms with van der Waals surface area (Å²) >= 11 is 11.8. The molecule has 2 aromatic rings. The Balaban J connectivity index is 1.15. The van der Waals surface area contributed by atoms with E-state index in [1.165, 1.54) is 23.8 Å². The zero-order chi connectivity index (χ0) is 24.1. The molecule has 1 amide bonds. The van der Waals surface area contributed by atoms with Crippen LogP contribution in [0.1, 0.15) is 53.7 Å². The monoisotopic (exact) mass is 505 g/mol. The number of anilines is 1. The van der Waals surface area contributed by atoms with Crippen LogP contribution in [0.15, 0.2) is 30.3 Å². The number of rotatable bonds is 10. The maximum Gasteiger partial charge on any atom is 0.326 e. The number of hydrogen-bond acceptors (Lipinski definition) is 5. The fourth-order valence-corrected chi connectivity index (χ4v) is 4.69. The Labute approximate surface area is 209 Å². The molecule has 0 spiro atoms. The second kappa shape index (κ2) is 11.4. The van der Waals surface area contributed by atoms with Gasteiger partial charge in [0, 0.05) is 30.8 Å². The van der Waals surface area contributed by atoms with Crippen molar-refractivity contribution in [2.45, 2.75) is 57.1 Å². The number of carboxylic acids is 1. The van der Waals surface area contributed by atoms with Crippen molar-refractivity contribution in [3.8, 4) is 0 Å². The normalized spacial score (nSPS) is 19.9. The minimum Gasteiger partial charge on any atom is -0.480 e. The molecule has 0 unspecified atom stereocenters. The average Bonchev–Trinajstić information content (AvgIpc) is 2.80. The van der Waals surface area contributed by atoms with Crippen LogP contribution in [0.3, 0.4) is 0 Å². The number of aromatic nitrogens is 1. The van der Waals surface area contributed by atoms with Crippen LogP contribution in [0.5, 0.6) is 0 Å². The lowest BCUT2D eigenvalue weighted by molar-refractivity contribution is -0.140. The van der Waals surface area contributed by atoms with Gasteiger partial charge in [0.25, 0.3) is 5.91 Å². The fourth-order valence-electron chi connectivity index (χ4n) is 4.40. The molecule has 0 bridgehead atoms. The molecule has 4 rings (SSSR count). The first-order valence-electron chi connectivity index (χ1n) is 11.7. The maximum atomic E-state index is 12.4. The van der Waals surface area contributed by atoms with Gasteiger partial charge < -0.3 is 20.5 Å². The molecule has 1 atom stereocenters. The summed E-state index contributed by atoms with van der Waals surface area (Å²) in [6.07, 6.45) is 6.55. The highest BCUT2D eigenvalue weighted by molar-refractivity contribution is 6.42. The number of benzene rings is 1. The van der Waals surface area contributed by atoms with Crippen molar-refractivity contribution in [2.24, 2.45) is 5.92 Å². The SMILES string of the molecule is O=C(N[C@@H](CCO[C@H]1C[C@H](CCc2ccc3c(n2)NCCC3)C1)C(=O)O)c1ccc(Cl)c(Cl)c1. The van der Waals surface area contributed by atoms with Gasteiger partial charge in [-0.2, -0.15) is 0 Å². The molecule has 1 saturated carbocycles. The number of aliphatic carboxylic acids is 1. The van der Waals surface area contributed by atoms with Crippen LogP contribution in [-0.2, 0) is 22.4 Å². The molecule has 7 nitrogen and oxygen atoms in total. The summed E-state index contributed by atoms with van der Waals surface area (Å²) in [5, 5.41) is 15.9. The standard InChI is InChI=1S/C25H29Cl2N3O4/c26-20-8-5-17(14-21(20)27)24(31)30-22(25(32)33)9-11-34-19-12-15(13-19)3-6-18-7-4-16-2-1-10-28-23(16)29-18/h4-5,7-8,14-15,19,22H,1-3,6,9-13H2,(H,28,29)(H,30,31)(H,32,33)/t15-,19-,22-/m0/s1. The molecule has 1 aliphatic heterocycles. The Kier molecular flexibility index (Phi) is 8.29. The van der Waals surface area contributed by atoms with Crippen molar-refractivity contribution in [2.75, 3.05) is 18.5 Å². The van der Waals surface area contributed by atoms with Crippen LogP contribution in [0.4, 0.5) is 5.82 Å². The highest BCUT2D eigenvalue weighted by Crippen LogP contribution is 2.34. The number of hydrogen-bond donors (Lipinski definition) is 3. The number of carboxylic acid groups (broad SMARTS) is 1. The number of halogens is 2. The van der Waals surface area contributed by atoms with Crippen LogP contribution >= 0.6 is 23.2 Å². The third-order valence-electron chi connectivity index (χ3n) is 6.50. The second-order valence-electron chi connectivity index (χ2n) is 8.99. The van der Waals surface area contributed by atoms with Crippen molar-refractivity contribution in [1.82, 2.24) is 10.3 Å². The van der Waals surface area contributed by atoms with Gasteiger partial charge in [0.1, 0.15) is 11.9 Å². The van der Waals surface area contributed by atoms with Crippen LogP contribution in [0.2, 0.25) is 10.0 Å². The van der Waals surface area contributed by atoms with E-state index in [1.54, 1.807) is 0 Å². The molecule has 0 radical (unpaired) electrons. The van der Waals surface area contributed by atoms with E-state index in [-0.39, 0.29) is 29.7 Å². The predicted molar refractivity (Wildman–Crippen MR) is 132 cm³/mol. The van der Waals surface area contributed by atoms with Gasteiger partial charge in [-0.1, -0.05) is 29.3 Å². The molecule has 9 heteroatoms. The number of amides is 1. The summed E-state index contributed by atoms with van der Waals surface area (Å²) < 4.78 is 5.86. The van der Waals surface area contributed by atoms with Gasteiger partial charge >= 0.3 is 5.97 Å². The third-order valence-corrected chi connectivity index (χ3v) is 7.24. The van der Waals surface area contributed by atoms with Gasteiger partial charge in [0.15, 0.2) is 0 Å². The van der Waals surface area contributed by atoms with E-state index in [4.69, 9.17) is 32.9 Å². The number of nitrogens with zero attached hydrogens (tertiary/aromatic N) is 1. The highest BCUT2D eigenvalue weighted by Gasteiger charge is 2.30. The summed E-state index contributed by atoms with van der Waals surface area (Å²) in [6, 6.07) is 7.71. The molecular weight excluding hydrogens is 477 g/mol. The van der Waals surface area contributed by atoms with Gasteiger partial charge in [0.2, 0.25) is 0 Å². The van der Waals surface area contributed by atoms with E-state index in [0.29, 0.717) is 10.9 Å². The van der Waals surface area contributed by atoms with E-state index in [1.807, 2.05) is 0 Å².